The molecule has 0 saturated carbocycles. The predicted octanol–water partition coefficient (Wildman–Crippen LogP) is -1.01. The van der Waals surface area contributed by atoms with Crippen molar-refractivity contribution in [3.63, 3.8) is 0 Å². The molecule has 128 valence electrons. The van der Waals surface area contributed by atoms with Crippen molar-refractivity contribution >= 4 is 23.7 Å². The zero-order valence-corrected chi connectivity index (χ0v) is 12.3. The first-order valence-corrected chi connectivity index (χ1v) is 6.93. The lowest BCUT2D eigenvalue weighted by Crippen LogP contribution is -2.38. The number of carbonyl (C=O) groups is 4. The molecule has 0 aromatic heterocycles. The molecule has 0 aromatic carbocycles. The molecule has 0 bridgehead atoms. The maximum absolute atomic E-state index is 11.4. The molecule has 3 unspecified atom stereocenters. The number of cyclic esters (lactones) is 1. The Morgan fingerprint density at radius 2 is 1.87 bits per heavy atom. The molecule has 1 fully saturated rings. The number of unbranched alkanes of at least 4 members (excludes halogenated alkanes) is 1. The van der Waals surface area contributed by atoms with Gasteiger partial charge in [-0.05, 0) is 12.8 Å². The Bertz CT molecular complexity index is 485. The summed E-state index contributed by atoms with van der Waals surface area (Å²) in [6.45, 7) is 2.69. The van der Waals surface area contributed by atoms with E-state index < -0.39 is 48.6 Å². The van der Waals surface area contributed by atoms with E-state index in [2.05, 4.69) is 16.1 Å². The molecule has 0 aliphatic carbocycles. The lowest BCUT2D eigenvalue weighted by Gasteiger charge is -2.15. The van der Waals surface area contributed by atoms with Gasteiger partial charge >= 0.3 is 17.9 Å². The largest absolute Gasteiger partial charge is 0.463 e. The second kappa shape index (κ2) is 9.01. The summed E-state index contributed by atoms with van der Waals surface area (Å²) < 4.78 is 13.7. The van der Waals surface area contributed by atoms with Gasteiger partial charge < -0.3 is 24.4 Å². The van der Waals surface area contributed by atoms with Crippen LogP contribution in [0.3, 0.4) is 0 Å². The van der Waals surface area contributed by atoms with Crippen molar-refractivity contribution in [1.29, 1.82) is 0 Å². The normalized spacial score (nSPS) is 21.5. The van der Waals surface area contributed by atoms with Gasteiger partial charge in [-0.3, -0.25) is 14.4 Å². The molecule has 1 aliphatic heterocycles. The van der Waals surface area contributed by atoms with Gasteiger partial charge in [0, 0.05) is 12.8 Å². The van der Waals surface area contributed by atoms with Gasteiger partial charge in [-0.25, -0.2) is 4.79 Å². The van der Waals surface area contributed by atoms with Gasteiger partial charge in [0.05, 0.1) is 6.26 Å². The van der Waals surface area contributed by atoms with Crippen molar-refractivity contribution in [3.05, 3.63) is 12.8 Å². The third-order valence-corrected chi connectivity index (χ3v) is 3.01. The van der Waals surface area contributed by atoms with Crippen LogP contribution in [0.15, 0.2) is 12.8 Å². The van der Waals surface area contributed by atoms with E-state index in [-0.39, 0.29) is 12.8 Å². The molecule has 1 rings (SSSR count). The maximum Gasteiger partial charge on any atom is 0.343 e. The molecule has 0 aromatic rings. The van der Waals surface area contributed by atoms with Gasteiger partial charge in [0.25, 0.3) is 0 Å². The van der Waals surface area contributed by atoms with Crippen LogP contribution >= 0.6 is 0 Å². The summed E-state index contributed by atoms with van der Waals surface area (Å²) in [5, 5.41) is 18.8. The highest BCUT2D eigenvalue weighted by molar-refractivity contribution is 6.09. The summed E-state index contributed by atoms with van der Waals surface area (Å²) in [4.78, 5) is 44.8. The number of ketones is 1. The fraction of sp³-hybridized carbons (Fsp3) is 0.571. The number of Topliss-reactive ketones (excluding diaryl/α,β-unsaturated/α-hetero) is 1. The Morgan fingerprint density at radius 1 is 1.26 bits per heavy atom. The zero-order valence-electron chi connectivity index (χ0n) is 12.3. The first-order valence-electron chi connectivity index (χ1n) is 6.93. The molecule has 23 heavy (non-hydrogen) atoms. The summed E-state index contributed by atoms with van der Waals surface area (Å²) in [6, 6.07) is 0. The first-order chi connectivity index (χ1) is 10.9. The second-order valence-electron chi connectivity index (χ2n) is 4.78. The van der Waals surface area contributed by atoms with Gasteiger partial charge in [0.1, 0.15) is 12.7 Å². The Labute approximate surface area is 131 Å². The summed E-state index contributed by atoms with van der Waals surface area (Å²) >= 11 is 0. The Balaban J connectivity index is 2.20. The molecule has 3 atom stereocenters. The molecule has 0 spiro atoms. The van der Waals surface area contributed by atoms with Crippen molar-refractivity contribution in [2.75, 3.05) is 6.61 Å². The van der Waals surface area contributed by atoms with Crippen LogP contribution in [-0.2, 0) is 33.4 Å². The molecule has 9 heteroatoms. The average molecular weight is 330 g/mol. The van der Waals surface area contributed by atoms with E-state index >= 15 is 0 Å². The average Bonchev–Trinajstić information content (AvgIpc) is 2.77. The van der Waals surface area contributed by atoms with Crippen LogP contribution in [0.2, 0.25) is 0 Å². The maximum atomic E-state index is 11.4. The van der Waals surface area contributed by atoms with Crippen LogP contribution in [0.1, 0.15) is 25.7 Å². The molecule has 1 aliphatic rings. The predicted molar refractivity (Wildman–Crippen MR) is 72.6 cm³/mol. The number of aliphatic hydroxyl groups is 2. The lowest BCUT2D eigenvalue weighted by molar-refractivity contribution is -0.157. The van der Waals surface area contributed by atoms with E-state index in [1.807, 2.05) is 0 Å². The monoisotopic (exact) mass is 330 g/mol. The molecule has 1 saturated heterocycles. The smallest absolute Gasteiger partial charge is 0.343 e. The minimum Gasteiger partial charge on any atom is -0.463 e. The van der Waals surface area contributed by atoms with E-state index in [1.165, 1.54) is 0 Å². The molecule has 0 amide bonds. The number of hydrogen-bond donors (Lipinski definition) is 2. The summed E-state index contributed by atoms with van der Waals surface area (Å²) in [7, 11) is 0. The molecular weight excluding hydrogens is 312 g/mol. The quantitative estimate of drug-likeness (QED) is 0.179. The molecule has 1 heterocycles. The third kappa shape index (κ3) is 5.80. The Kier molecular flexibility index (Phi) is 7.36. The minimum absolute atomic E-state index is 0.00904. The number of ether oxygens (including phenoxy) is 3. The van der Waals surface area contributed by atoms with Gasteiger partial charge in [0.15, 0.2) is 6.10 Å². The SMILES string of the molecule is C=COC(=O)CCCCC(=O)OCC(O)C1OC(=O)C(O)C1=O. The van der Waals surface area contributed by atoms with E-state index in [1.54, 1.807) is 0 Å². The number of esters is 3. The minimum atomic E-state index is -1.92. The van der Waals surface area contributed by atoms with Crippen molar-refractivity contribution in [1.82, 2.24) is 0 Å². The topological polar surface area (TPSA) is 136 Å². The van der Waals surface area contributed by atoms with Crippen molar-refractivity contribution < 1.29 is 43.6 Å². The van der Waals surface area contributed by atoms with E-state index in [9.17, 15) is 24.3 Å². The number of carbonyl (C=O) groups excluding carboxylic acids is 4. The van der Waals surface area contributed by atoms with E-state index in [4.69, 9.17) is 9.84 Å². The molecule has 0 radical (unpaired) electrons. The molecule has 2 N–H and O–H groups in total. The van der Waals surface area contributed by atoms with Crippen LogP contribution < -0.4 is 0 Å². The van der Waals surface area contributed by atoms with Crippen LogP contribution in [0.25, 0.3) is 0 Å². The number of hydrogen-bond acceptors (Lipinski definition) is 9. The highest BCUT2D eigenvalue weighted by Gasteiger charge is 2.46. The number of rotatable bonds is 9. The highest BCUT2D eigenvalue weighted by Crippen LogP contribution is 2.15. The van der Waals surface area contributed by atoms with Crippen molar-refractivity contribution in [2.24, 2.45) is 0 Å². The first kappa shape index (κ1) is 18.8. The fourth-order valence-corrected chi connectivity index (χ4v) is 1.82. The fourth-order valence-electron chi connectivity index (χ4n) is 1.82. The third-order valence-electron chi connectivity index (χ3n) is 3.01. The van der Waals surface area contributed by atoms with Crippen molar-refractivity contribution in [3.8, 4) is 0 Å². The van der Waals surface area contributed by atoms with Crippen LogP contribution in [0.5, 0.6) is 0 Å². The van der Waals surface area contributed by atoms with E-state index in [0.29, 0.717) is 12.8 Å². The Morgan fingerprint density at radius 3 is 2.39 bits per heavy atom. The highest BCUT2D eigenvalue weighted by atomic mass is 16.6. The number of aliphatic hydroxyl groups excluding tert-OH is 2. The molecular formula is C14H18O9. The van der Waals surface area contributed by atoms with Crippen LogP contribution in [0, 0.1) is 0 Å². The standard InChI is InChI=1S/C14H18O9/c1-2-21-9(16)5-3-4-6-10(17)22-7-8(15)13-11(18)12(19)14(20)23-13/h2,8,12-13,15,19H,1,3-7H2. The van der Waals surface area contributed by atoms with E-state index in [0.717, 1.165) is 6.26 Å². The van der Waals surface area contributed by atoms with Gasteiger partial charge in [-0.1, -0.05) is 6.58 Å². The summed E-state index contributed by atoms with van der Waals surface area (Å²) in [5.41, 5.74) is 0. The van der Waals surface area contributed by atoms with Gasteiger partial charge in [-0.15, -0.1) is 0 Å². The van der Waals surface area contributed by atoms with Crippen LogP contribution in [0.4, 0.5) is 0 Å². The van der Waals surface area contributed by atoms with Crippen LogP contribution in [-0.4, -0.2) is 58.8 Å². The van der Waals surface area contributed by atoms with Gasteiger partial charge in [0.2, 0.25) is 11.9 Å². The lowest BCUT2D eigenvalue weighted by atomic mass is 10.1. The summed E-state index contributed by atoms with van der Waals surface area (Å²) in [6.07, 6.45) is -3.06. The second-order valence-corrected chi connectivity index (χ2v) is 4.78. The van der Waals surface area contributed by atoms with Crippen molar-refractivity contribution in [2.45, 2.75) is 44.0 Å². The zero-order chi connectivity index (χ0) is 17.4. The van der Waals surface area contributed by atoms with Gasteiger partial charge in [-0.2, -0.15) is 0 Å². The molecule has 9 nitrogen and oxygen atoms in total. The summed E-state index contributed by atoms with van der Waals surface area (Å²) in [5.74, 6) is -3.21. The Hall–Kier alpha value is -2.26.